The lowest BCUT2D eigenvalue weighted by atomic mass is 10.1. The smallest absolute Gasteiger partial charge is 0.253 e. The Bertz CT molecular complexity index is 989. The molecule has 0 saturated carbocycles. The van der Waals surface area contributed by atoms with Gasteiger partial charge in [0.1, 0.15) is 0 Å². The number of nitrogens with one attached hydrogen (secondary N) is 1. The highest BCUT2D eigenvalue weighted by Crippen LogP contribution is 2.32. The largest absolute Gasteiger partial charge is 0.454 e. The molecule has 0 spiro atoms. The topological polar surface area (TPSA) is 57.8 Å². The second kappa shape index (κ2) is 6.63. The van der Waals surface area contributed by atoms with Crippen molar-refractivity contribution in [1.82, 2.24) is 14.8 Å². The first-order valence-electron chi connectivity index (χ1n) is 9.23. The van der Waals surface area contributed by atoms with E-state index < -0.39 is 0 Å². The minimum atomic E-state index is 0.112. The molecule has 0 radical (unpaired) electrons. The Kier molecular flexibility index (Phi) is 3.98. The number of carbonyl (C=O) groups is 1. The molecule has 1 fully saturated rings. The second-order valence-corrected chi connectivity index (χ2v) is 7.04. The van der Waals surface area contributed by atoms with Crippen LogP contribution in [0.5, 0.6) is 11.5 Å². The Morgan fingerprint density at radius 2 is 1.81 bits per heavy atom. The van der Waals surface area contributed by atoms with Gasteiger partial charge in [-0.3, -0.25) is 9.69 Å². The van der Waals surface area contributed by atoms with Crippen LogP contribution in [0.25, 0.3) is 10.9 Å². The fourth-order valence-corrected chi connectivity index (χ4v) is 3.78. The summed E-state index contributed by atoms with van der Waals surface area (Å²) in [6, 6.07) is 13.9. The average molecular weight is 363 g/mol. The molecule has 3 heterocycles. The van der Waals surface area contributed by atoms with Gasteiger partial charge in [-0.15, -0.1) is 0 Å². The highest BCUT2D eigenvalue weighted by molar-refractivity contribution is 5.98. The third-order valence-corrected chi connectivity index (χ3v) is 5.30. The zero-order valence-electron chi connectivity index (χ0n) is 15.0. The summed E-state index contributed by atoms with van der Waals surface area (Å²) in [5, 5.41) is 1.07. The van der Waals surface area contributed by atoms with Crippen molar-refractivity contribution in [2.45, 2.75) is 6.54 Å². The zero-order valence-corrected chi connectivity index (χ0v) is 15.0. The Balaban J connectivity index is 1.21. The molecule has 0 atom stereocenters. The van der Waals surface area contributed by atoms with Gasteiger partial charge in [0.25, 0.3) is 5.91 Å². The van der Waals surface area contributed by atoms with Crippen LogP contribution >= 0.6 is 0 Å². The fraction of sp³-hybridized carbons (Fsp3) is 0.286. The lowest BCUT2D eigenvalue weighted by Crippen LogP contribution is -2.48. The number of H-pyrrole nitrogens is 1. The minimum absolute atomic E-state index is 0.112. The van der Waals surface area contributed by atoms with Gasteiger partial charge in [0.2, 0.25) is 6.79 Å². The van der Waals surface area contributed by atoms with Crippen LogP contribution in [-0.2, 0) is 6.54 Å². The molecule has 0 bridgehead atoms. The lowest BCUT2D eigenvalue weighted by Gasteiger charge is -2.34. The molecule has 0 aliphatic carbocycles. The lowest BCUT2D eigenvalue weighted by molar-refractivity contribution is 0.0628. The maximum absolute atomic E-state index is 12.8. The van der Waals surface area contributed by atoms with Crippen LogP contribution in [0, 0.1) is 0 Å². The van der Waals surface area contributed by atoms with Gasteiger partial charge in [0.05, 0.1) is 0 Å². The third-order valence-electron chi connectivity index (χ3n) is 5.30. The molecule has 2 aliphatic heterocycles. The molecule has 2 aromatic carbocycles. The van der Waals surface area contributed by atoms with Crippen LogP contribution in [0.2, 0.25) is 0 Å². The number of ether oxygens (including phenoxy) is 2. The summed E-state index contributed by atoms with van der Waals surface area (Å²) in [6.45, 7) is 4.38. The molecule has 0 unspecified atom stereocenters. The first-order chi connectivity index (χ1) is 13.3. The molecule has 1 amide bonds. The van der Waals surface area contributed by atoms with Gasteiger partial charge in [0, 0.05) is 55.4 Å². The second-order valence-electron chi connectivity index (χ2n) is 7.04. The van der Waals surface area contributed by atoms with Crippen LogP contribution in [0.15, 0.2) is 48.7 Å². The van der Waals surface area contributed by atoms with E-state index in [-0.39, 0.29) is 5.91 Å². The van der Waals surface area contributed by atoms with E-state index in [1.165, 1.54) is 5.56 Å². The predicted molar refractivity (Wildman–Crippen MR) is 102 cm³/mol. The van der Waals surface area contributed by atoms with E-state index in [4.69, 9.17) is 9.47 Å². The van der Waals surface area contributed by atoms with Gasteiger partial charge in [-0.25, -0.2) is 0 Å². The SMILES string of the molecule is O=C(c1ccc2[nH]ccc2c1)N1CCN(Cc2ccc3c(c2)OCO3)CC1. The van der Waals surface area contributed by atoms with Gasteiger partial charge in [-0.05, 0) is 42.0 Å². The number of hydrogen-bond donors (Lipinski definition) is 1. The summed E-state index contributed by atoms with van der Waals surface area (Å²) < 4.78 is 10.8. The molecule has 5 rings (SSSR count). The van der Waals surface area contributed by atoms with Crippen molar-refractivity contribution in [2.75, 3.05) is 33.0 Å². The van der Waals surface area contributed by atoms with Crippen molar-refractivity contribution in [3.63, 3.8) is 0 Å². The molecule has 2 aliphatic rings. The maximum atomic E-state index is 12.8. The van der Waals surface area contributed by atoms with Crippen LogP contribution in [0.4, 0.5) is 0 Å². The molecular formula is C21H21N3O3. The Hall–Kier alpha value is -2.99. The Labute approximate surface area is 157 Å². The minimum Gasteiger partial charge on any atom is -0.454 e. The highest BCUT2D eigenvalue weighted by atomic mass is 16.7. The monoisotopic (exact) mass is 363 g/mol. The zero-order chi connectivity index (χ0) is 18.2. The van der Waals surface area contributed by atoms with E-state index in [1.54, 1.807) is 0 Å². The maximum Gasteiger partial charge on any atom is 0.253 e. The van der Waals surface area contributed by atoms with Crippen molar-refractivity contribution in [3.05, 3.63) is 59.8 Å². The number of piperazine rings is 1. The summed E-state index contributed by atoms with van der Waals surface area (Å²) in [7, 11) is 0. The first kappa shape index (κ1) is 16.2. The number of hydrogen-bond acceptors (Lipinski definition) is 4. The van der Waals surface area contributed by atoms with E-state index in [9.17, 15) is 4.79 Å². The molecule has 1 saturated heterocycles. The van der Waals surface area contributed by atoms with E-state index >= 15 is 0 Å². The Morgan fingerprint density at radius 3 is 2.70 bits per heavy atom. The molecule has 6 heteroatoms. The van der Waals surface area contributed by atoms with Gasteiger partial charge in [-0.1, -0.05) is 6.07 Å². The van der Waals surface area contributed by atoms with Crippen molar-refractivity contribution in [1.29, 1.82) is 0 Å². The van der Waals surface area contributed by atoms with Crippen molar-refractivity contribution in [3.8, 4) is 11.5 Å². The van der Waals surface area contributed by atoms with Crippen LogP contribution in [-0.4, -0.2) is 53.7 Å². The van der Waals surface area contributed by atoms with Crippen LogP contribution in [0.1, 0.15) is 15.9 Å². The van der Waals surface area contributed by atoms with Gasteiger partial charge < -0.3 is 19.4 Å². The number of amides is 1. The van der Waals surface area contributed by atoms with Crippen LogP contribution < -0.4 is 9.47 Å². The van der Waals surface area contributed by atoms with Crippen molar-refractivity contribution in [2.24, 2.45) is 0 Å². The van der Waals surface area contributed by atoms with Crippen molar-refractivity contribution < 1.29 is 14.3 Å². The molecule has 138 valence electrons. The molecule has 1 aromatic heterocycles. The van der Waals surface area contributed by atoms with E-state index in [1.807, 2.05) is 47.5 Å². The number of aromatic amines is 1. The standard InChI is InChI=1S/C21H21N3O3/c25-21(17-2-3-18-16(12-17)5-6-22-18)24-9-7-23(8-10-24)13-15-1-4-19-20(11-15)27-14-26-19/h1-6,11-12,22H,7-10,13-14H2. The van der Waals surface area contributed by atoms with E-state index in [0.717, 1.165) is 60.7 Å². The predicted octanol–water partition coefficient (Wildman–Crippen LogP) is 2.85. The molecule has 1 N–H and O–H groups in total. The highest BCUT2D eigenvalue weighted by Gasteiger charge is 2.23. The number of aromatic nitrogens is 1. The number of rotatable bonds is 3. The number of fused-ring (bicyclic) bond motifs is 2. The van der Waals surface area contributed by atoms with Gasteiger partial charge >= 0.3 is 0 Å². The summed E-state index contributed by atoms with van der Waals surface area (Å²) >= 11 is 0. The van der Waals surface area contributed by atoms with Crippen LogP contribution in [0.3, 0.4) is 0 Å². The summed E-state index contributed by atoms with van der Waals surface area (Å²) in [5.74, 6) is 1.75. The summed E-state index contributed by atoms with van der Waals surface area (Å²) in [5.41, 5.74) is 3.02. The Morgan fingerprint density at radius 1 is 0.963 bits per heavy atom. The molecule has 27 heavy (non-hydrogen) atoms. The average Bonchev–Trinajstić information content (AvgIpc) is 3.36. The number of carbonyl (C=O) groups excluding carboxylic acids is 1. The fourth-order valence-electron chi connectivity index (χ4n) is 3.78. The van der Waals surface area contributed by atoms with E-state index in [2.05, 4.69) is 16.0 Å². The summed E-state index contributed by atoms with van der Waals surface area (Å²) in [6.07, 6.45) is 1.90. The number of nitrogens with zero attached hydrogens (tertiary/aromatic N) is 2. The quantitative estimate of drug-likeness (QED) is 0.777. The summed E-state index contributed by atoms with van der Waals surface area (Å²) in [4.78, 5) is 20.3. The normalized spacial score (nSPS) is 16.8. The number of benzene rings is 2. The molecule has 3 aromatic rings. The molecular weight excluding hydrogens is 342 g/mol. The van der Waals surface area contributed by atoms with Gasteiger partial charge in [-0.2, -0.15) is 0 Å². The molecule has 6 nitrogen and oxygen atoms in total. The van der Waals surface area contributed by atoms with Gasteiger partial charge in [0.15, 0.2) is 11.5 Å². The third kappa shape index (κ3) is 3.13. The van der Waals surface area contributed by atoms with E-state index in [0.29, 0.717) is 6.79 Å². The first-order valence-corrected chi connectivity index (χ1v) is 9.23. The van der Waals surface area contributed by atoms with Crippen molar-refractivity contribution >= 4 is 16.8 Å².